The Morgan fingerprint density at radius 2 is 1.17 bits per heavy atom. The summed E-state index contributed by atoms with van der Waals surface area (Å²) < 4.78 is 0. The van der Waals surface area contributed by atoms with E-state index in [0.717, 1.165) is 61.3 Å². The van der Waals surface area contributed by atoms with Crippen LogP contribution in [0.1, 0.15) is 62.1 Å². The number of pyridine rings is 2. The van der Waals surface area contributed by atoms with Gasteiger partial charge < -0.3 is 30.4 Å². The van der Waals surface area contributed by atoms with Crippen molar-refractivity contribution in [1.82, 2.24) is 20.2 Å². The first-order valence-corrected chi connectivity index (χ1v) is 20.5. The first-order chi connectivity index (χ1) is 28.2. The van der Waals surface area contributed by atoms with Crippen molar-refractivity contribution < 1.29 is 10.2 Å². The third kappa shape index (κ3) is 9.76. The second-order valence-corrected chi connectivity index (χ2v) is 16.2. The van der Waals surface area contributed by atoms with Gasteiger partial charge in [-0.05, 0) is 96.8 Å². The van der Waals surface area contributed by atoms with E-state index in [2.05, 4.69) is 101 Å². The molecule has 0 saturated heterocycles. The Labute approximate surface area is 340 Å². The van der Waals surface area contributed by atoms with Gasteiger partial charge in [0.2, 0.25) is 0 Å². The quantitative estimate of drug-likeness (QED) is 0.0843. The van der Waals surface area contributed by atoms with Crippen LogP contribution in [-0.2, 0) is 19.5 Å². The zero-order chi connectivity index (χ0) is 40.5. The van der Waals surface area contributed by atoms with Crippen LogP contribution in [0.15, 0.2) is 137 Å². The monoisotopic (exact) mass is 774 g/mol. The second-order valence-electron chi connectivity index (χ2n) is 16.2. The Morgan fingerprint density at radius 3 is 1.72 bits per heavy atom. The van der Waals surface area contributed by atoms with Gasteiger partial charge in [-0.15, -0.1) is 0 Å². The molecule has 2 aromatic heterocycles. The highest BCUT2D eigenvalue weighted by atomic mass is 16.3. The van der Waals surface area contributed by atoms with Crippen molar-refractivity contribution in [2.75, 3.05) is 20.1 Å². The van der Waals surface area contributed by atoms with Gasteiger partial charge in [-0.1, -0.05) is 117 Å². The van der Waals surface area contributed by atoms with E-state index in [1.54, 1.807) is 48.8 Å². The van der Waals surface area contributed by atoms with Crippen LogP contribution in [0.25, 0.3) is 43.8 Å². The van der Waals surface area contributed by atoms with Crippen LogP contribution in [0.4, 0.5) is 0 Å². The summed E-state index contributed by atoms with van der Waals surface area (Å²) in [7, 11) is 2.15. The SMILES string of the molecule is CC1(CNCc2ccc(-c3c[nH]c(=O)c4cccc(O)c34)cc2)CCCCC1.CN(CCCc1ccccc1)Cc1ccc(-c2c[nH]c(=O)c3cccc(O)c23)cc1. The second kappa shape index (κ2) is 18.5. The van der Waals surface area contributed by atoms with E-state index in [9.17, 15) is 19.8 Å². The lowest BCUT2D eigenvalue weighted by Gasteiger charge is -2.33. The average Bonchev–Trinajstić information content (AvgIpc) is 3.23. The fraction of sp³-hybridized carbons (Fsp3) is 0.280. The number of phenolic OH excluding ortho intramolecular Hbond substituents is 2. The van der Waals surface area contributed by atoms with E-state index in [1.165, 1.54) is 48.8 Å². The van der Waals surface area contributed by atoms with Gasteiger partial charge in [0, 0.05) is 53.9 Å². The highest BCUT2D eigenvalue weighted by molar-refractivity contribution is 6.00. The van der Waals surface area contributed by atoms with Crippen LogP contribution in [-0.4, -0.2) is 45.2 Å². The molecule has 5 aromatic carbocycles. The molecule has 1 fully saturated rings. The maximum Gasteiger partial charge on any atom is 0.255 e. The summed E-state index contributed by atoms with van der Waals surface area (Å²) in [6.07, 6.45) is 12.3. The van der Waals surface area contributed by atoms with Crippen molar-refractivity contribution in [1.29, 1.82) is 0 Å². The molecule has 0 spiro atoms. The number of aromatic amines is 2. The molecule has 8 rings (SSSR count). The molecule has 5 N–H and O–H groups in total. The zero-order valence-electron chi connectivity index (χ0n) is 33.6. The third-order valence-electron chi connectivity index (χ3n) is 11.6. The lowest BCUT2D eigenvalue weighted by atomic mass is 9.76. The predicted octanol–water partition coefficient (Wildman–Crippen LogP) is 9.93. The zero-order valence-corrected chi connectivity index (χ0v) is 33.6. The number of aromatic hydroxyl groups is 2. The number of aromatic nitrogens is 2. The molecular formula is C50H54N4O4. The van der Waals surface area contributed by atoms with Crippen molar-refractivity contribution in [2.45, 2.75) is 65.0 Å². The Balaban J connectivity index is 0.000000177. The molecule has 0 unspecified atom stereocenters. The Kier molecular flexibility index (Phi) is 12.9. The fourth-order valence-corrected chi connectivity index (χ4v) is 8.33. The highest BCUT2D eigenvalue weighted by Gasteiger charge is 2.26. The number of nitrogens with one attached hydrogen (secondary N) is 3. The summed E-state index contributed by atoms with van der Waals surface area (Å²) in [6, 6.07) is 37.3. The average molecular weight is 775 g/mol. The molecule has 0 bridgehead atoms. The summed E-state index contributed by atoms with van der Waals surface area (Å²) in [4.78, 5) is 32.1. The van der Waals surface area contributed by atoms with Gasteiger partial charge in [0.05, 0.1) is 10.8 Å². The first kappa shape index (κ1) is 40.2. The molecule has 1 aliphatic carbocycles. The molecular weight excluding hydrogens is 721 g/mol. The van der Waals surface area contributed by atoms with Crippen molar-refractivity contribution >= 4 is 21.5 Å². The summed E-state index contributed by atoms with van der Waals surface area (Å²) in [6.45, 7) is 6.23. The predicted molar refractivity (Wildman–Crippen MR) is 237 cm³/mol. The van der Waals surface area contributed by atoms with Crippen LogP contribution < -0.4 is 16.4 Å². The van der Waals surface area contributed by atoms with E-state index in [0.29, 0.717) is 27.0 Å². The van der Waals surface area contributed by atoms with Gasteiger partial charge >= 0.3 is 0 Å². The minimum absolute atomic E-state index is 0.121. The molecule has 0 radical (unpaired) electrons. The van der Waals surface area contributed by atoms with E-state index < -0.39 is 0 Å². The number of aryl methyl sites for hydroxylation is 1. The van der Waals surface area contributed by atoms with Gasteiger partial charge in [-0.3, -0.25) is 9.59 Å². The van der Waals surface area contributed by atoms with Crippen molar-refractivity contribution in [3.63, 3.8) is 0 Å². The molecule has 58 heavy (non-hydrogen) atoms. The van der Waals surface area contributed by atoms with Crippen molar-refractivity contribution in [2.24, 2.45) is 5.41 Å². The number of nitrogens with zero attached hydrogens (tertiary/aromatic N) is 1. The molecule has 298 valence electrons. The minimum atomic E-state index is -0.196. The van der Waals surface area contributed by atoms with Crippen LogP contribution in [0.5, 0.6) is 11.5 Å². The molecule has 8 nitrogen and oxygen atoms in total. The number of hydrogen-bond acceptors (Lipinski definition) is 6. The molecule has 0 atom stereocenters. The Bertz CT molecular complexity index is 2560. The number of fused-ring (bicyclic) bond motifs is 2. The topological polar surface area (TPSA) is 121 Å². The van der Waals surface area contributed by atoms with Gasteiger partial charge in [0.15, 0.2) is 0 Å². The van der Waals surface area contributed by atoms with E-state index in [-0.39, 0.29) is 22.6 Å². The lowest BCUT2D eigenvalue weighted by Crippen LogP contribution is -2.33. The smallest absolute Gasteiger partial charge is 0.255 e. The molecule has 0 aliphatic heterocycles. The van der Waals surface area contributed by atoms with Crippen LogP contribution in [0.3, 0.4) is 0 Å². The van der Waals surface area contributed by atoms with Gasteiger partial charge in [-0.25, -0.2) is 0 Å². The molecule has 8 heteroatoms. The normalized spacial score (nSPS) is 13.7. The number of hydrogen-bond donors (Lipinski definition) is 5. The van der Waals surface area contributed by atoms with Crippen LogP contribution in [0, 0.1) is 5.41 Å². The number of phenols is 2. The maximum atomic E-state index is 12.1. The number of H-pyrrole nitrogens is 2. The fourth-order valence-electron chi connectivity index (χ4n) is 8.33. The van der Waals surface area contributed by atoms with E-state index >= 15 is 0 Å². The molecule has 1 aliphatic rings. The summed E-state index contributed by atoms with van der Waals surface area (Å²) in [5.41, 5.74) is 7.51. The summed E-state index contributed by atoms with van der Waals surface area (Å²) in [5, 5.41) is 26.4. The summed E-state index contributed by atoms with van der Waals surface area (Å²) >= 11 is 0. The van der Waals surface area contributed by atoms with Crippen LogP contribution in [0.2, 0.25) is 0 Å². The molecule has 0 amide bonds. The highest BCUT2D eigenvalue weighted by Crippen LogP contribution is 2.36. The lowest BCUT2D eigenvalue weighted by molar-refractivity contribution is 0.207. The maximum absolute atomic E-state index is 12.1. The van der Waals surface area contributed by atoms with Gasteiger partial charge in [0.25, 0.3) is 11.1 Å². The Morgan fingerprint density at radius 1 is 0.638 bits per heavy atom. The standard InChI is InChI=1S/C26H26N2O2.C24H28N2O2/c1-28(16-6-9-19-7-3-2-4-8-19)18-20-12-14-21(15-13-20)23-17-27-26(30)22-10-5-11-24(29)25(22)23;1-24(12-3-2-4-13-24)16-25-14-17-8-10-18(11-9-17)20-15-26-23(28)19-6-5-7-21(27)22(19)20/h2-5,7-8,10-15,17,29H,6,9,16,18H2,1H3,(H,27,30);5-11,15,25,27H,2-4,12-14,16H2,1H3,(H,26,28). The largest absolute Gasteiger partial charge is 0.507 e. The van der Waals surface area contributed by atoms with Crippen LogP contribution >= 0.6 is 0 Å². The van der Waals surface area contributed by atoms with E-state index in [1.807, 2.05) is 12.1 Å². The van der Waals surface area contributed by atoms with Gasteiger partial charge in [0.1, 0.15) is 11.5 Å². The summed E-state index contributed by atoms with van der Waals surface area (Å²) in [5.74, 6) is 0.251. The van der Waals surface area contributed by atoms with E-state index in [4.69, 9.17) is 0 Å². The first-order valence-electron chi connectivity index (χ1n) is 20.5. The van der Waals surface area contributed by atoms with Crippen molar-refractivity contribution in [3.05, 3.63) is 165 Å². The molecule has 7 aromatic rings. The Hall–Kier alpha value is -5.96. The minimum Gasteiger partial charge on any atom is -0.507 e. The van der Waals surface area contributed by atoms with Crippen molar-refractivity contribution in [3.8, 4) is 33.8 Å². The molecule has 2 heterocycles. The number of benzene rings is 5. The third-order valence-corrected chi connectivity index (χ3v) is 11.6. The number of rotatable bonds is 12. The van der Waals surface area contributed by atoms with Gasteiger partial charge in [-0.2, -0.15) is 0 Å². The molecule has 1 saturated carbocycles.